The Labute approximate surface area is 124 Å². The van der Waals surface area contributed by atoms with Crippen LogP contribution in [0.4, 0.5) is 5.88 Å². The summed E-state index contributed by atoms with van der Waals surface area (Å²) in [6, 6.07) is 14.0. The Kier molecular flexibility index (Phi) is 2.72. The molecule has 0 aliphatic heterocycles. The fourth-order valence-electron chi connectivity index (χ4n) is 2.38. The van der Waals surface area contributed by atoms with Crippen LogP contribution in [0.1, 0.15) is 0 Å². The molecule has 0 saturated heterocycles. The van der Waals surface area contributed by atoms with Crippen LogP contribution < -0.4 is 5.73 Å². The zero-order valence-electron chi connectivity index (χ0n) is 11.0. The van der Waals surface area contributed by atoms with E-state index in [1.165, 1.54) is 0 Å². The molecule has 0 aliphatic carbocycles. The number of nitrogens with zero attached hydrogens (tertiary/aromatic N) is 2. The van der Waals surface area contributed by atoms with Crippen molar-refractivity contribution in [3.63, 3.8) is 0 Å². The highest BCUT2D eigenvalue weighted by Gasteiger charge is 2.18. The maximum atomic E-state index is 5.95. The Balaban J connectivity index is 1.93. The molecule has 21 heavy (non-hydrogen) atoms. The minimum absolute atomic E-state index is 0.346. The molecule has 0 aliphatic rings. The molecule has 0 atom stereocenters. The minimum atomic E-state index is 0.346. The van der Waals surface area contributed by atoms with Crippen molar-refractivity contribution < 1.29 is 4.52 Å². The largest absolute Gasteiger partial charge is 0.367 e. The molecule has 0 radical (unpaired) electrons. The predicted octanol–water partition coefficient (Wildman–Crippen LogP) is 4.20. The average molecular weight is 293 g/mol. The van der Waals surface area contributed by atoms with Crippen molar-refractivity contribution in [3.05, 3.63) is 54.0 Å². The second-order valence-corrected chi connectivity index (χ2v) is 5.61. The number of hydrogen-bond donors (Lipinski definition) is 1. The van der Waals surface area contributed by atoms with Gasteiger partial charge < -0.3 is 10.3 Å². The smallest absolute Gasteiger partial charge is 0.231 e. The van der Waals surface area contributed by atoms with Gasteiger partial charge in [0.25, 0.3) is 0 Å². The molecule has 2 N–H and O–H groups in total. The third kappa shape index (κ3) is 1.98. The van der Waals surface area contributed by atoms with Gasteiger partial charge >= 0.3 is 0 Å². The average Bonchev–Trinajstić information content (AvgIpc) is 3.15. The van der Waals surface area contributed by atoms with Gasteiger partial charge in [-0.1, -0.05) is 23.4 Å². The SMILES string of the molecule is Nc1onc(-c2ccc3ncccc3c2)c1-c1cccs1. The van der Waals surface area contributed by atoms with Gasteiger partial charge in [-0.15, -0.1) is 11.3 Å². The first-order valence-electron chi connectivity index (χ1n) is 6.47. The standard InChI is InChI=1S/C16H11N3OS/c17-16-14(13-4-2-8-21-13)15(19-20-16)11-5-6-12-10(9-11)3-1-7-18-12/h1-9H,17H2. The van der Waals surface area contributed by atoms with Crippen LogP contribution in [0.3, 0.4) is 0 Å². The summed E-state index contributed by atoms with van der Waals surface area (Å²) in [6.07, 6.45) is 1.78. The van der Waals surface area contributed by atoms with Gasteiger partial charge in [0.05, 0.1) is 11.1 Å². The number of fused-ring (bicyclic) bond motifs is 1. The summed E-state index contributed by atoms with van der Waals surface area (Å²) in [5, 5.41) is 7.21. The van der Waals surface area contributed by atoms with Crippen LogP contribution in [-0.2, 0) is 0 Å². The Morgan fingerprint density at radius 1 is 1.10 bits per heavy atom. The van der Waals surface area contributed by atoms with Gasteiger partial charge in [-0.3, -0.25) is 4.98 Å². The van der Waals surface area contributed by atoms with E-state index in [-0.39, 0.29) is 0 Å². The molecule has 3 aromatic heterocycles. The Morgan fingerprint density at radius 3 is 2.90 bits per heavy atom. The first-order chi connectivity index (χ1) is 10.3. The summed E-state index contributed by atoms with van der Waals surface area (Å²) in [5.74, 6) is 0.346. The van der Waals surface area contributed by atoms with Crippen molar-refractivity contribution in [1.29, 1.82) is 0 Å². The Hall–Kier alpha value is -2.66. The van der Waals surface area contributed by atoms with E-state index in [2.05, 4.69) is 16.2 Å². The highest BCUT2D eigenvalue weighted by atomic mass is 32.1. The fourth-order valence-corrected chi connectivity index (χ4v) is 3.16. The number of nitrogen functional groups attached to an aromatic ring is 1. The third-order valence-corrected chi connectivity index (χ3v) is 4.25. The normalized spacial score (nSPS) is 11.0. The molecule has 5 heteroatoms. The third-order valence-electron chi connectivity index (χ3n) is 3.36. The monoisotopic (exact) mass is 293 g/mol. The maximum Gasteiger partial charge on any atom is 0.231 e. The first-order valence-corrected chi connectivity index (χ1v) is 7.35. The van der Waals surface area contributed by atoms with Crippen LogP contribution in [0, 0.1) is 0 Å². The molecule has 0 saturated carbocycles. The summed E-state index contributed by atoms with van der Waals surface area (Å²) in [6.45, 7) is 0. The Bertz CT molecular complexity index is 912. The van der Waals surface area contributed by atoms with E-state index >= 15 is 0 Å². The molecule has 4 aromatic rings. The van der Waals surface area contributed by atoms with E-state index in [4.69, 9.17) is 10.3 Å². The number of nitrogens with two attached hydrogens (primary N) is 1. The molecule has 0 unspecified atom stereocenters. The van der Waals surface area contributed by atoms with E-state index in [0.29, 0.717) is 5.88 Å². The maximum absolute atomic E-state index is 5.95. The molecule has 1 aromatic carbocycles. The summed E-state index contributed by atoms with van der Waals surface area (Å²) < 4.78 is 5.20. The molecule has 0 spiro atoms. The van der Waals surface area contributed by atoms with Crippen molar-refractivity contribution in [3.8, 4) is 21.7 Å². The van der Waals surface area contributed by atoms with E-state index in [1.54, 1.807) is 17.5 Å². The lowest BCUT2D eigenvalue weighted by molar-refractivity contribution is 0.439. The molecule has 102 valence electrons. The predicted molar refractivity (Wildman–Crippen MR) is 85.0 cm³/mol. The highest BCUT2D eigenvalue weighted by molar-refractivity contribution is 7.13. The van der Waals surface area contributed by atoms with Gasteiger partial charge in [0.1, 0.15) is 5.69 Å². The molecule has 0 fully saturated rings. The summed E-state index contributed by atoms with van der Waals surface area (Å²) in [7, 11) is 0. The lowest BCUT2D eigenvalue weighted by atomic mass is 10.0. The van der Waals surface area contributed by atoms with Crippen molar-refractivity contribution in [2.75, 3.05) is 5.73 Å². The quantitative estimate of drug-likeness (QED) is 0.601. The van der Waals surface area contributed by atoms with Gasteiger partial charge in [0.2, 0.25) is 5.88 Å². The lowest BCUT2D eigenvalue weighted by Crippen LogP contribution is -1.86. The zero-order valence-corrected chi connectivity index (χ0v) is 11.8. The van der Waals surface area contributed by atoms with Gasteiger partial charge in [-0.2, -0.15) is 0 Å². The topological polar surface area (TPSA) is 64.9 Å². The molecule has 0 amide bonds. The van der Waals surface area contributed by atoms with E-state index in [0.717, 1.165) is 32.6 Å². The van der Waals surface area contributed by atoms with Gasteiger partial charge in [-0.25, -0.2) is 0 Å². The number of hydrogen-bond acceptors (Lipinski definition) is 5. The fraction of sp³-hybridized carbons (Fsp3) is 0. The summed E-state index contributed by atoms with van der Waals surface area (Å²) in [4.78, 5) is 5.38. The van der Waals surface area contributed by atoms with E-state index in [1.807, 2.05) is 41.8 Å². The van der Waals surface area contributed by atoms with E-state index < -0.39 is 0 Å². The number of aromatic nitrogens is 2. The number of benzene rings is 1. The van der Waals surface area contributed by atoms with Crippen molar-refractivity contribution in [2.24, 2.45) is 0 Å². The highest BCUT2D eigenvalue weighted by Crippen LogP contribution is 2.38. The van der Waals surface area contributed by atoms with Gasteiger partial charge in [0, 0.05) is 22.0 Å². The second-order valence-electron chi connectivity index (χ2n) is 4.66. The van der Waals surface area contributed by atoms with Crippen molar-refractivity contribution in [2.45, 2.75) is 0 Å². The number of pyridine rings is 1. The van der Waals surface area contributed by atoms with Crippen LogP contribution in [0.5, 0.6) is 0 Å². The first kappa shape index (κ1) is 12.1. The van der Waals surface area contributed by atoms with E-state index in [9.17, 15) is 0 Å². The Morgan fingerprint density at radius 2 is 2.05 bits per heavy atom. The minimum Gasteiger partial charge on any atom is -0.367 e. The van der Waals surface area contributed by atoms with Crippen molar-refractivity contribution >= 4 is 28.1 Å². The van der Waals surface area contributed by atoms with Crippen LogP contribution in [0.2, 0.25) is 0 Å². The van der Waals surface area contributed by atoms with Crippen LogP contribution in [0.25, 0.3) is 32.6 Å². The van der Waals surface area contributed by atoms with Gasteiger partial charge in [-0.05, 0) is 29.6 Å². The number of rotatable bonds is 2. The van der Waals surface area contributed by atoms with Crippen LogP contribution >= 0.6 is 11.3 Å². The molecular formula is C16H11N3OS. The molecular weight excluding hydrogens is 282 g/mol. The molecule has 4 nitrogen and oxygen atoms in total. The zero-order chi connectivity index (χ0) is 14.2. The van der Waals surface area contributed by atoms with Gasteiger partial charge in [0.15, 0.2) is 0 Å². The second kappa shape index (κ2) is 4.71. The number of thiophene rings is 1. The lowest BCUT2D eigenvalue weighted by Gasteiger charge is -2.02. The summed E-state index contributed by atoms with van der Waals surface area (Å²) >= 11 is 1.61. The molecule has 0 bridgehead atoms. The number of anilines is 1. The van der Waals surface area contributed by atoms with Crippen molar-refractivity contribution in [1.82, 2.24) is 10.1 Å². The molecule has 4 rings (SSSR count). The van der Waals surface area contributed by atoms with Crippen LogP contribution in [-0.4, -0.2) is 10.1 Å². The van der Waals surface area contributed by atoms with Crippen LogP contribution in [0.15, 0.2) is 58.6 Å². The summed E-state index contributed by atoms with van der Waals surface area (Å²) in [5.41, 5.74) is 9.49. The molecule has 3 heterocycles.